The third kappa shape index (κ3) is 5.37. The lowest BCUT2D eigenvalue weighted by atomic mass is 9.85. The molecular formula is C17H30N2OS. The Labute approximate surface area is 133 Å². The first-order chi connectivity index (χ1) is 9.92. The van der Waals surface area contributed by atoms with E-state index < -0.39 is 0 Å². The summed E-state index contributed by atoms with van der Waals surface area (Å²) in [7, 11) is 0. The van der Waals surface area contributed by atoms with Gasteiger partial charge in [-0.3, -0.25) is 4.90 Å². The maximum atomic E-state index is 5.74. The van der Waals surface area contributed by atoms with Gasteiger partial charge in [-0.2, -0.15) is 0 Å². The summed E-state index contributed by atoms with van der Waals surface area (Å²) in [5.41, 5.74) is 0.431. The van der Waals surface area contributed by atoms with E-state index in [1.807, 2.05) is 11.3 Å². The number of hydrogen-bond acceptors (Lipinski definition) is 4. The molecule has 0 aromatic carbocycles. The molecule has 0 bridgehead atoms. The molecule has 1 N–H and O–H groups in total. The fraction of sp³-hybridized carbons (Fsp3) is 0.765. The summed E-state index contributed by atoms with van der Waals surface area (Å²) < 4.78 is 5.74. The Morgan fingerprint density at radius 1 is 1.43 bits per heavy atom. The van der Waals surface area contributed by atoms with Crippen LogP contribution in [0.3, 0.4) is 0 Å². The van der Waals surface area contributed by atoms with Crippen LogP contribution in [0.5, 0.6) is 0 Å². The van der Waals surface area contributed by atoms with E-state index in [0.717, 1.165) is 45.8 Å². The molecule has 0 spiro atoms. The topological polar surface area (TPSA) is 24.5 Å². The van der Waals surface area contributed by atoms with E-state index in [2.05, 4.69) is 55.4 Å². The van der Waals surface area contributed by atoms with Crippen LogP contribution in [0.15, 0.2) is 17.5 Å². The van der Waals surface area contributed by atoms with E-state index in [9.17, 15) is 0 Å². The SMILES string of the molecule is CCN(Cc1cccs1)CC1(CNC(C)(C)C)CCOC1. The second kappa shape index (κ2) is 7.23. The van der Waals surface area contributed by atoms with Gasteiger partial charge in [-0.15, -0.1) is 11.3 Å². The van der Waals surface area contributed by atoms with E-state index in [1.165, 1.54) is 4.88 Å². The minimum atomic E-state index is 0.167. The van der Waals surface area contributed by atoms with Gasteiger partial charge in [0.25, 0.3) is 0 Å². The molecule has 0 radical (unpaired) electrons. The van der Waals surface area contributed by atoms with Gasteiger partial charge in [0.2, 0.25) is 0 Å². The third-order valence-electron chi connectivity index (χ3n) is 4.14. The van der Waals surface area contributed by atoms with Gasteiger partial charge >= 0.3 is 0 Å². The van der Waals surface area contributed by atoms with Gasteiger partial charge in [0, 0.05) is 42.1 Å². The van der Waals surface area contributed by atoms with Gasteiger partial charge in [-0.05, 0) is 45.2 Å². The van der Waals surface area contributed by atoms with E-state index >= 15 is 0 Å². The molecule has 1 saturated heterocycles. The van der Waals surface area contributed by atoms with Crippen molar-refractivity contribution in [2.24, 2.45) is 5.41 Å². The molecule has 2 rings (SSSR count). The van der Waals surface area contributed by atoms with Gasteiger partial charge in [-0.25, -0.2) is 0 Å². The first kappa shape index (κ1) is 16.9. The van der Waals surface area contributed by atoms with E-state index in [4.69, 9.17) is 4.74 Å². The number of ether oxygens (including phenoxy) is 1. The second-order valence-electron chi connectivity index (χ2n) is 7.29. The molecule has 4 heteroatoms. The Bertz CT molecular complexity index is 405. The molecule has 1 aliphatic rings. The van der Waals surface area contributed by atoms with Crippen LogP contribution in [0.2, 0.25) is 0 Å². The highest BCUT2D eigenvalue weighted by atomic mass is 32.1. The summed E-state index contributed by atoms with van der Waals surface area (Å²) in [5.74, 6) is 0. The normalized spacial score (nSPS) is 23.1. The molecule has 1 fully saturated rings. The van der Waals surface area contributed by atoms with Crippen molar-refractivity contribution in [2.75, 3.05) is 32.8 Å². The molecule has 1 atom stereocenters. The molecule has 120 valence electrons. The third-order valence-corrected chi connectivity index (χ3v) is 5.01. The predicted octanol–water partition coefficient (Wildman–Crippen LogP) is 3.36. The molecule has 21 heavy (non-hydrogen) atoms. The number of hydrogen-bond donors (Lipinski definition) is 1. The fourth-order valence-corrected chi connectivity index (χ4v) is 3.55. The monoisotopic (exact) mass is 310 g/mol. The maximum Gasteiger partial charge on any atom is 0.0547 e. The highest BCUT2D eigenvalue weighted by molar-refractivity contribution is 7.09. The molecule has 1 aromatic rings. The quantitative estimate of drug-likeness (QED) is 0.836. The lowest BCUT2D eigenvalue weighted by Gasteiger charge is -2.36. The number of rotatable bonds is 7. The molecular weight excluding hydrogens is 280 g/mol. The van der Waals surface area contributed by atoms with Crippen LogP contribution >= 0.6 is 11.3 Å². The van der Waals surface area contributed by atoms with Gasteiger partial charge in [0.15, 0.2) is 0 Å². The second-order valence-corrected chi connectivity index (χ2v) is 8.32. The van der Waals surface area contributed by atoms with Crippen molar-refractivity contribution in [3.05, 3.63) is 22.4 Å². The molecule has 1 aliphatic heterocycles. The van der Waals surface area contributed by atoms with E-state index in [1.54, 1.807) is 0 Å². The number of nitrogens with one attached hydrogen (secondary N) is 1. The van der Waals surface area contributed by atoms with E-state index in [0.29, 0.717) is 0 Å². The smallest absolute Gasteiger partial charge is 0.0547 e. The Morgan fingerprint density at radius 3 is 2.76 bits per heavy atom. The largest absolute Gasteiger partial charge is 0.381 e. The summed E-state index contributed by atoms with van der Waals surface area (Å²) in [6, 6.07) is 4.38. The molecule has 1 aromatic heterocycles. The zero-order valence-corrected chi connectivity index (χ0v) is 14.8. The van der Waals surface area contributed by atoms with Crippen molar-refractivity contribution in [3.63, 3.8) is 0 Å². The molecule has 0 saturated carbocycles. The number of thiophene rings is 1. The van der Waals surface area contributed by atoms with E-state index in [-0.39, 0.29) is 11.0 Å². The van der Waals surface area contributed by atoms with Crippen molar-refractivity contribution in [1.29, 1.82) is 0 Å². The minimum Gasteiger partial charge on any atom is -0.381 e. The van der Waals surface area contributed by atoms with Crippen molar-refractivity contribution in [1.82, 2.24) is 10.2 Å². The van der Waals surface area contributed by atoms with Gasteiger partial charge < -0.3 is 10.1 Å². The molecule has 2 heterocycles. The summed E-state index contributed by atoms with van der Waals surface area (Å²) in [4.78, 5) is 4.01. The molecule has 0 aliphatic carbocycles. The summed E-state index contributed by atoms with van der Waals surface area (Å²) in [6.45, 7) is 15.1. The van der Waals surface area contributed by atoms with Crippen molar-refractivity contribution < 1.29 is 4.74 Å². The highest BCUT2D eigenvalue weighted by Gasteiger charge is 2.37. The fourth-order valence-electron chi connectivity index (χ4n) is 2.80. The Hall–Kier alpha value is -0.420. The zero-order chi connectivity index (χ0) is 15.3. The Balaban J connectivity index is 1.96. The zero-order valence-electron chi connectivity index (χ0n) is 13.9. The minimum absolute atomic E-state index is 0.167. The van der Waals surface area contributed by atoms with Crippen molar-refractivity contribution >= 4 is 11.3 Å². The number of nitrogens with zero attached hydrogens (tertiary/aromatic N) is 1. The summed E-state index contributed by atoms with van der Waals surface area (Å²) >= 11 is 1.85. The van der Waals surface area contributed by atoms with Gasteiger partial charge in [0.05, 0.1) is 6.61 Å². The molecule has 3 nitrogen and oxygen atoms in total. The van der Waals surface area contributed by atoms with Crippen molar-refractivity contribution in [3.8, 4) is 0 Å². The van der Waals surface area contributed by atoms with Crippen LogP contribution in [-0.2, 0) is 11.3 Å². The van der Waals surface area contributed by atoms with Gasteiger partial charge in [-0.1, -0.05) is 13.0 Å². The van der Waals surface area contributed by atoms with Gasteiger partial charge in [0.1, 0.15) is 0 Å². The van der Waals surface area contributed by atoms with Crippen LogP contribution in [-0.4, -0.2) is 43.3 Å². The first-order valence-electron chi connectivity index (χ1n) is 8.00. The van der Waals surface area contributed by atoms with Crippen LogP contribution < -0.4 is 5.32 Å². The van der Waals surface area contributed by atoms with Crippen molar-refractivity contribution in [2.45, 2.75) is 46.2 Å². The lowest BCUT2D eigenvalue weighted by Crippen LogP contribution is -2.49. The average Bonchev–Trinajstić information content (AvgIpc) is 3.07. The van der Waals surface area contributed by atoms with Crippen LogP contribution in [0.4, 0.5) is 0 Å². The standard InChI is InChI=1S/C17H30N2OS/c1-5-19(11-15-7-6-10-21-15)13-17(8-9-20-14-17)12-18-16(2,3)4/h6-7,10,18H,5,8-9,11-14H2,1-4H3. The predicted molar refractivity (Wildman–Crippen MR) is 90.9 cm³/mol. The van der Waals surface area contributed by atoms with Crippen LogP contribution in [0.1, 0.15) is 39.0 Å². The summed E-state index contributed by atoms with van der Waals surface area (Å²) in [6.07, 6.45) is 1.16. The Morgan fingerprint density at radius 2 is 2.24 bits per heavy atom. The molecule has 0 amide bonds. The highest BCUT2D eigenvalue weighted by Crippen LogP contribution is 2.30. The lowest BCUT2D eigenvalue weighted by molar-refractivity contribution is 0.102. The van der Waals surface area contributed by atoms with Crippen LogP contribution in [0, 0.1) is 5.41 Å². The Kier molecular flexibility index (Phi) is 5.83. The first-order valence-corrected chi connectivity index (χ1v) is 8.88. The average molecular weight is 311 g/mol. The maximum absolute atomic E-state index is 5.74. The van der Waals surface area contributed by atoms with Crippen LogP contribution in [0.25, 0.3) is 0 Å². The summed E-state index contributed by atoms with van der Waals surface area (Å²) in [5, 5.41) is 5.85. The molecule has 1 unspecified atom stereocenters.